The molecule has 1 atom stereocenters. The third kappa shape index (κ3) is 5.33. The maximum Gasteiger partial charge on any atom is 0.407 e. The van der Waals surface area contributed by atoms with Gasteiger partial charge in [0.2, 0.25) is 0 Å². The molecule has 0 unspecified atom stereocenters. The number of aliphatic hydroxyl groups excluding tert-OH is 1. The smallest absolute Gasteiger partial charge is 0.407 e. The fourth-order valence-corrected chi connectivity index (χ4v) is 1.31. The highest BCUT2D eigenvalue weighted by atomic mass is 35.5. The van der Waals surface area contributed by atoms with Crippen LogP contribution in [0.5, 0.6) is 0 Å². The Kier molecular flexibility index (Phi) is 4.93. The summed E-state index contributed by atoms with van der Waals surface area (Å²) in [5.74, 6) is 0. The van der Waals surface area contributed by atoms with Crippen LogP contribution in [0.1, 0.15) is 32.4 Å². The third-order valence-electron chi connectivity index (χ3n) is 1.97. The highest BCUT2D eigenvalue weighted by Crippen LogP contribution is 2.13. The van der Waals surface area contributed by atoms with Gasteiger partial charge in [0.1, 0.15) is 10.8 Å². The van der Waals surface area contributed by atoms with Crippen LogP contribution in [0.15, 0.2) is 18.3 Å². The van der Waals surface area contributed by atoms with Crippen LogP contribution in [0.4, 0.5) is 4.79 Å². The number of nitrogens with one attached hydrogen (secondary N) is 1. The SMILES string of the molecule is CC(C)(C)OC(=O)NC[C@H](O)c1ccc(Cl)nc1. The number of carbonyl (C=O) groups is 1. The summed E-state index contributed by atoms with van der Waals surface area (Å²) in [5, 5.41) is 12.6. The first kappa shape index (κ1) is 14.7. The lowest BCUT2D eigenvalue weighted by Crippen LogP contribution is -2.34. The maximum atomic E-state index is 11.4. The van der Waals surface area contributed by atoms with Crippen LogP contribution in [-0.4, -0.2) is 28.3 Å². The summed E-state index contributed by atoms with van der Waals surface area (Å²) in [5.41, 5.74) is 0.0205. The fraction of sp³-hybridized carbons (Fsp3) is 0.500. The van der Waals surface area contributed by atoms with Crippen molar-refractivity contribution >= 4 is 17.7 Å². The average Bonchev–Trinajstić information content (AvgIpc) is 2.24. The maximum absolute atomic E-state index is 11.4. The molecule has 0 radical (unpaired) electrons. The minimum absolute atomic E-state index is 0.0538. The highest BCUT2D eigenvalue weighted by molar-refractivity contribution is 6.29. The van der Waals surface area contributed by atoms with Gasteiger partial charge < -0.3 is 15.2 Å². The van der Waals surface area contributed by atoms with Gasteiger partial charge in [0.05, 0.1) is 12.6 Å². The molecule has 0 aromatic carbocycles. The lowest BCUT2D eigenvalue weighted by atomic mass is 10.1. The number of aromatic nitrogens is 1. The summed E-state index contributed by atoms with van der Waals surface area (Å²) < 4.78 is 5.05. The van der Waals surface area contributed by atoms with E-state index in [-0.39, 0.29) is 6.54 Å². The van der Waals surface area contributed by atoms with Gasteiger partial charge in [-0.05, 0) is 26.8 Å². The van der Waals surface area contributed by atoms with Crippen LogP contribution >= 0.6 is 11.6 Å². The standard InChI is InChI=1S/C12H17ClN2O3/c1-12(2,3)18-11(17)15-7-9(16)8-4-5-10(13)14-6-8/h4-6,9,16H,7H2,1-3H3,(H,15,17)/t9-/m0/s1. The predicted molar refractivity (Wildman–Crippen MR) is 68.4 cm³/mol. The summed E-state index contributed by atoms with van der Waals surface area (Å²) in [6.45, 7) is 5.36. The molecule has 0 aliphatic rings. The van der Waals surface area contributed by atoms with Crippen molar-refractivity contribution in [1.29, 1.82) is 0 Å². The van der Waals surface area contributed by atoms with Crippen molar-refractivity contribution in [2.45, 2.75) is 32.5 Å². The van der Waals surface area contributed by atoms with E-state index in [1.54, 1.807) is 32.9 Å². The average molecular weight is 273 g/mol. The van der Waals surface area contributed by atoms with E-state index in [0.717, 1.165) is 0 Å². The zero-order valence-corrected chi connectivity index (χ0v) is 11.4. The van der Waals surface area contributed by atoms with E-state index >= 15 is 0 Å². The van der Waals surface area contributed by atoms with Gasteiger partial charge in [-0.25, -0.2) is 9.78 Å². The van der Waals surface area contributed by atoms with Gasteiger partial charge in [-0.2, -0.15) is 0 Å². The molecule has 1 heterocycles. The second kappa shape index (κ2) is 6.02. The van der Waals surface area contributed by atoms with Crippen molar-refractivity contribution in [3.05, 3.63) is 29.0 Å². The lowest BCUT2D eigenvalue weighted by molar-refractivity contribution is 0.0491. The summed E-state index contributed by atoms with van der Waals surface area (Å²) in [7, 11) is 0. The number of amides is 1. The lowest BCUT2D eigenvalue weighted by Gasteiger charge is -2.20. The number of carbonyl (C=O) groups excluding carboxylic acids is 1. The van der Waals surface area contributed by atoms with Crippen molar-refractivity contribution in [1.82, 2.24) is 10.3 Å². The molecule has 2 N–H and O–H groups in total. The Hall–Kier alpha value is -1.33. The number of rotatable bonds is 3. The Morgan fingerprint density at radius 1 is 1.56 bits per heavy atom. The monoisotopic (exact) mass is 272 g/mol. The first-order chi connectivity index (χ1) is 8.28. The van der Waals surface area contributed by atoms with Gasteiger partial charge in [-0.15, -0.1) is 0 Å². The highest BCUT2D eigenvalue weighted by Gasteiger charge is 2.17. The van der Waals surface area contributed by atoms with E-state index in [9.17, 15) is 9.90 Å². The number of nitrogens with zero attached hydrogens (tertiary/aromatic N) is 1. The van der Waals surface area contributed by atoms with Crippen molar-refractivity contribution in [2.24, 2.45) is 0 Å². The first-order valence-corrected chi connectivity index (χ1v) is 5.92. The molecule has 1 aromatic rings. The molecule has 0 spiro atoms. The number of ether oxygens (including phenoxy) is 1. The van der Waals surface area contributed by atoms with Crippen molar-refractivity contribution < 1.29 is 14.6 Å². The van der Waals surface area contributed by atoms with Gasteiger partial charge in [0.15, 0.2) is 0 Å². The number of alkyl carbamates (subject to hydrolysis) is 1. The molecule has 1 rings (SSSR count). The molecule has 0 saturated carbocycles. The molecule has 0 aliphatic heterocycles. The minimum atomic E-state index is -0.845. The fourth-order valence-electron chi connectivity index (χ4n) is 1.20. The van der Waals surface area contributed by atoms with E-state index in [1.807, 2.05) is 0 Å². The number of pyridine rings is 1. The van der Waals surface area contributed by atoms with Gasteiger partial charge in [-0.3, -0.25) is 0 Å². The van der Waals surface area contributed by atoms with Gasteiger partial charge in [0.25, 0.3) is 0 Å². The zero-order valence-electron chi connectivity index (χ0n) is 10.6. The van der Waals surface area contributed by atoms with Crippen molar-refractivity contribution in [3.63, 3.8) is 0 Å². The molecule has 0 fully saturated rings. The number of aliphatic hydroxyl groups is 1. The van der Waals surface area contributed by atoms with Gasteiger partial charge in [-0.1, -0.05) is 17.7 Å². The number of hydrogen-bond donors (Lipinski definition) is 2. The van der Waals surface area contributed by atoms with Gasteiger partial charge in [0, 0.05) is 11.8 Å². The number of halogens is 1. The Morgan fingerprint density at radius 3 is 2.72 bits per heavy atom. The quantitative estimate of drug-likeness (QED) is 0.828. The van der Waals surface area contributed by atoms with Crippen LogP contribution < -0.4 is 5.32 Å². The summed E-state index contributed by atoms with van der Waals surface area (Å²) in [6, 6.07) is 3.23. The molecular weight excluding hydrogens is 256 g/mol. The Labute approximate surface area is 111 Å². The van der Waals surface area contributed by atoms with Crippen LogP contribution in [0.2, 0.25) is 5.15 Å². The zero-order chi connectivity index (χ0) is 13.8. The molecule has 0 aliphatic carbocycles. The van der Waals surface area contributed by atoms with E-state index in [2.05, 4.69) is 10.3 Å². The molecule has 1 amide bonds. The third-order valence-corrected chi connectivity index (χ3v) is 2.20. The molecule has 0 saturated heterocycles. The largest absolute Gasteiger partial charge is 0.444 e. The van der Waals surface area contributed by atoms with Crippen molar-refractivity contribution in [3.8, 4) is 0 Å². The normalized spacial score (nSPS) is 12.9. The predicted octanol–water partition coefficient (Wildman–Crippen LogP) is 2.29. The second-order valence-electron chi connectivity index (χ2n) is 4.81. The molecular formula is C12H17ClN2O3. The molecule has 5 nitrogen and oxygen atoms in total. The van der Waals surface area contributed by atoms with E-state index in [0.29, 0.717) is 10.7 Å². The summed E-state index contributed by atoms with van der Waals surface area (Å²) in [4.78, 5) is 15.2. The molecule has 1 aromatic heterocycles. The minimum Gasteiger partial charge on any atom is -0.444 e. The Bertz CT molecular complexity index is 401. The Morgan fingerprint density at radius 2 is 2.22 bits per heavy atom. The second-order valence-corrected chi connectivity index (χ2v) is 5.20. The van der Waals surface area contributed by atoms with E-state index in [4.69, 9.17) is 16.3 Å². The van der Waals surface area contributed by atoms with Crippen LogP contribution in [-0.2, 0) is 4.74 Å². The molecule has 18 heavy (non-hydrogen) atoms. The van der Waals surface area contributed by atoms with Crippen LogP contribution in [0.25, 0.3) is 0 Å². The van der Waals surface area contributed by atoms with Crippen LogP contribution in [0.3, 0.4) is 0 Å². The molecule has 0 bridgehead atoms. The topological polar surface area (TPSA) is 71.5 Å². The number of hydrogen-bond acceptors (Lipinski definition) is 4. The van der Waals surface area contributed by atoms with E-state index in [1.165, 1.54) is 6.20 Å². The summed E-state index contributed by atoms with van der Waals surface area (Å²) in [6.07, 6.45) is 0.0507. The molecule has 6 heteroatoms. The van der Waals surface area contributed by atoms with E-state index < -0.39 is 17.8 Å². The summed E-state index contributed by atoms with van der Waals surface area (Å²) >= 11 is 5.63. The van der Waals surface area contributed by atoms with Crippen molar-refractivity contribution in [2.75, 3.05) is 6.54 Å². The molecule has 100 valence electrons. The van der Waals surface area contributed by atoms with Crippen LogP contribution in [0, 0.1) is 0 Å². The first-order valence-electron chi connectivity index (χ1n) is 5.54. The Balaban J connectivity index is 2.44. The van der Waals surface area contributed by atoms with Gasteiger partial charge >= 0.3 is 6.09 Å².